The van der Waals surface area contributed by atoms with Crippen LogP contribution in [0.4, 0.5) is 0 Å². The summed E-state index contributed by atoms with van der Waals surface area (Å²) in [6.07, 6.45) is 1.86. The minimum atomic E-state index is -0.0289. The molecule has 7 heteroatoms. The van der Waals surface area contributed by atoms with Crippen LogP contribution in [0.1, 0.15) is 22.3 Å². The van der Waals surface area contributed by atoms with Gasteiger partial charge >= 0.3 is 0 Å². The lowest BCUT2D eigenvalue weighted by atomic mass is 9.69. The first-order chi connectivity index (χ1) is 13.6. The summed E-state index contributed by atoms with van der Waals surface area (Å²) < 4.78 is 7.74. The van der Waals surface area contributed by atoms with Crippen LogP contribution in [-0.4, -0.2) is 64.9 Å². The molecule has 1 saturated heterocycles. The molecule has 2 aromatic heterocycles. The summed E-state index contributed by atoms with van der Waals surface area (Å²) in [4.78, 5) is 9.29. The van der Waals surface area contributed by atoms with Crippen molar-refractivity contribution in [2.75, 3.05) is 40.4 Å². The van der Waals surface area contributed by atoms with Crippen molar-refractivity contribution in [3.63, 3.8) is 0 Å². The van der Waals surface area contributed by atoms with Gasteiger partial charge in [0, 0.05) is 60.8 Å². The van der Waals surface area contributed by atoms with Gasteiger partial charge in [0.2, 0.25) is 0 Å². The van der Waals surface area contributed by atoms with Crippen LogP contribution in [0.15, 0.2) is 29.8 Å². The Morgan fingerprint density at radius 2 is 2.11 bits per heavy atom. The highest BCUT2D eigenvalue weighted by Gasteiger charge is 2.52. The molecule has 2 aliphatic rings. The smallest absolute Gasteiger partial charge is 0.120 e. The highest BCUT2D eigenvalue weighted by molar-refractivity contribution is 7.09. The van der Waals surface area contributed by atoms with E-state index in [2.05, 4.69) is 51.6 Å². The third-order valence-corrected chi connectivity index (χ3v) is 7.15. The molecule has 1 N–H and O–H groups in total. The molecule has 0 radical (unpaired) electrons. The lowest BCUT2D eigenvalue weighted by molar-refractivity contribution is 0.00290. The van der Waals surface area contributed by atoms with Crippen LogP contribution >= 0.6 is 11.3 Å². The number of aromatic nitrogens is 2. The van der Waals surface area contributed by atoms with Gasteiger partial charge in [-0.3, -0.25) is 4.90 Å². The van der Waals surface area contributed by atoms with Gasteiger partial charge in [0.25, 0.3) is 0 Å². The Morgan fingerprint density at radius 1 is 1.29 bits per heavy atom. The Kier molecular flexibility index (Phi) is 4.24. The Morgan fingerprint density at radius 3 is 2.75 bits per heavy atom. The zero-order valence-corrected chi connectivity index (χ0v) is 17.4. The van der Waals surface area contributed by atoms with Crippen molar-refractivity contribution in [3.05, 3.63) is 46.0 Å². The van der Waals surface area contributed by atoms with Gasteiger partial charge in [-0.1, -0.05) is 0 Å². The van der Waals surface area contributed by atoms with E-state index in [9.17, 15) is 5.11 Å². The summed E-state index contributed by atoms with van der Waals surface area (Å²) in [5, 5.41) is 14.8. The summed E-state index contributed by atoms with van der Waals surface area (Å²) in [6.45, 7) is 3.90. The standard InChI is InChI=1S/C21H26N4O2S/c1-23-11-21(12-23)13-25(9-18-22-6-7-28-18)17(10-26)20-19(21)15-5-4-14(27-3)8-16(15)24(20)2/h4-8,17,26H,9-13H2,1-3H3/t17-/m1/s1. The van der Waals surface area contributed by atoms with Gasteiger partial charge in [0.15, 0.2) is 0 Å². The van der Waals surface area contributed by atoms with E-state index >= 15 is 0 Å². The number of ether oxygens (including phenoxy) is 1. The summed E-state index contributed by atoms with van der Waals surface area (Å²) in [6, 6.07) is 6.33. The van der Waals surface area contributed by atoms with Crippen LogP contribution in [0, 0.1) is 0 Å². The van der Waals surface area contributed by atoms with Crippen molar-refractivity contribution in [2.45, 2.75) is 18.0 Å². The lowest BCUT2D eigenvalue weighted by Crippen LogP contribution is -2.65. The molecule has 4 heterocycles. The van der Waals surface area contributed by atoms with Crippen LogP contribution in [0.2, 0.25) is 0 Å². The second-order valence-electron chi connectivity index (χ2n) is 8.18. The number of methoxy groups -OCH3 is 1. The highest BCUT2D eigenvalue weighted by Crippen LogP contribution is 2.49. The quantitative estimate of drug-likeness (QED) is 0.731. The number of thiazole rings is 1. The first kappa shape index (κ1) is 18.1. The number of hydrogen-bond donors (Lipinski definition) is 1. The third kappa shape index (κ3) is 2.54. The largest absolute Gasteiger partial charge is 0.497 e. The molecule has 1 atom stereocenters. The molecule has 3 aromatic rings. The second-order valence-corrected chi connectivity index (χ2v) is 9.16. The normalized spacial score (nSPS) is 21.8. The summed E-state index contributed by atoms with van der Waals surface area (Å²) >= 11 is 1.68. The maximum absolute atomic E-state index is 10.4. The van der Waals surface area contributed by atoms with Gasteiger partial charge in [-0.05, 0) is 24.7 Å². The van der Waals surface area contributed by atoms with E-state index in [1.807, 2.05) is 11.6 Å². The summed E-state index contributed by atoms with van der Waals surface area (Å²) in [7, 11) is 6.01. The molecule has 1 spiro atoms. The Labute approximate surface area is 169 Å². The SMILES string of the molecule is COc1ccc2c3c(n(C)c2c1)[C@@H](CO)N(Cc1nccs1)CC31CN(C)C1. The van der Waals surface area contributed by atoms with Crippen molar-refractivity contribution < 1.29 is 9.84 Å². The summed E-state index contributed by atoms with van der Waals surface area (Å²) in [5.41, 5.74) is 3.93. The van der Waals surface area contributed by atoms with E-state index in [0.717, 1.165) is 36.9 Å². The number of aliphatic hydroxyl groups excluding tert-OH is 1. The van der Waals surface area contributed by atoms with Gasteiger partial charge in [-0.25, -0.2) is 4.98 Å². The number of nitrogens with zero attached hydrogens (tertiary/aromatic N) is 4. The van der Waals surface area contributed by atoms with E-state index < -0.39 is 0 Å². The molecular weight excluding hydrogens is 372 g/mol. The summed E-state index contributed by atoms with van der Waals surface area (Å²) in [5.74, 6) is 0.866. The molecule has 148 valence electrons. The Bertz CT molecular complexity index is 1010. The van der Waals surface area contributed by atoms with Crippen molar-refractivity contribution in [1.29, 1.82) is 0 Å². The second kappa shape index (κ2) is 6.56. The average molecular weight is 399 g/mol. The predicted molar refractivity (Wildman–Crippen MR) is 111 cm³/mol. The fraction of sp³-hybridized carbons (Fsp3) is 0.476. The molecule has 28 heavy (non-hydrogen) atoms. The van der Waals surface area contributed by atoms with Gasteiger partial charge < -0.3 is 19.3 Å². The minimum Gasteiger partial charge on any atom is -0.497 e. The molecule has 1 fully saturated rings. The fourth-order valence-corrected chi connectivity index (χ4v) is 6.02. The minimum absolute atomic E-state index is 0.0289. The Balaban J connectivity index is 1.69. The number of benzene rings is 1. The Hall–Kier alpha value is -1.93. The van der Waals surface area contributed by atoms with Crippen molar-refractivity contribution in [2.24, 2.45) is 7.05 Å². The molecule has 0 bridgehead atoms. The zero-order chi connectivity index (χ0) is 19.5. The van der Waals surface area contributed by atoms with Gasteiger partial charge in [0.05, 0.1) is 31.8 Å². The number of aryl methyl sites for hydroxylation is 1. The maximum atomic E-state index is 10.4. The number of hydrogen-bond acceptors (Lipinski definition) is 6. The monoisotopic (exact) mass is 398 g/mol. The molecule has 6 nitrogen and oxygen atoms in total. The number of fused-ring (bicyclic) bond motifs is 4. The fourth-order valence-electron chi connectivity index (χ4n) is 5.38. The molecule has 1 aromatic carbocycles. The molecule has 0 aliphatic carbocycles. The lowest BCUT2D eigenvalue weighted by Gasteiger charge is -2.55. The molecule has 0 saturated carbocycles. The highest BCUT2D eigenvalue weighted by atomic mass is 32.1. The van der Waals surface area contributed by atoms with Gasteiger partial charge in [-0.15, -0.1) is 11.3 Å². The number of aliphatic hydroxyl groups is 1. The van der Waals surface area contributed by atoms with Crippen molar-refractivity contribution in [3.8, 4) is 5.75 Å². The average Bonchev–Trinajstić information content (AvgIpc) is 3.28. The zero-order valence-electron chi connectivity index (χ0n) is 16.6. The van der Waals surface area contributed by atoms with Crippen molar-refractivity contribution in [1.82, 2.24) is 19.4 Å². The van der Waals surface area contributed by atoms with E-state index in [-0.39, 0.29) is 18.1 Å². The van der Waals surface area contributed by atoms with E-state index in [4.69, 9.17) is 4.74 Å². The van der Waals surface area contributed by atoms with Gasteiger partial charge in [0.1, 0.15) is 10.8 Å². The topological polar surface area (TPSA) is 53.8 Å². The number of likely N-dealkylation sites (tertiary alicyclic amines) is 1. The molecule has 2 aliphatic heterocycles. The van der Waals surface area contributed by atoms with Gasteiger partial charge in [-0.2, -0.15) is 0 Å². The molecular formula is C21H26N4O2S. The van der Waals surface area contributed by atoms with Crippen LogP contribution < -0.4 is 4.74 Å². The predicted octanol–water partition coefficient (Wildman–Crippen LogP) is 2.38. The first-order valence-corrected chi connectivity index (χ1v) is 10.5. The van der Waals surface area contributed by atoms with Crippen LogP contribution in [-0.2, 0) is 19.0 Å². The first-order valence-electron chi connectivity index (χ1n) is 9.65. The van der Waals surface area contributed by atoms with Crippen LogP contribution in [0.3, 0.4) is 0 Å². The molecule has 5 rings (SSSR count). The van der Waals surface area contributed by atoms with Crippen LogP contribution in [0.5, 0.6) is 5.75 Å². The molecule has 0 unspecified atom stereocenters. The van der Waals surface area contributed by atoms with Crippen LogP contribution in [0.25, 0.3) is 10.9 Å². The number of rotatable bonds is 4. The molecule has 0 amide bonds. The van der Waals surface area contributed by atoms with E-state index in [1.165, 1.54) is 22.2 Å². The van der Waals surface area contributed by atoms with E-state index in [0.29, 0.717) is 0 Å². The van der Waals surface area contributed by atoms with E-state index in [1.54, 1.807) is 18.4 Å². The third-order valence-electron chi connectivity index (χ3n) is 6.39. The number of likely N-dealkylation sites (N-methyl/N-ethyl adjacent to an activating group) is 1. The maximum Gasteiger partial charge on any atom is 0.120 e. The van der Waals surface area contributed by atoms with Crippen molar-refractivity contribution >= 4 is 22.2 Å².